The second-order valence-corrected chi connectivity index (χ2v) is 11.6. The Labute approximate surface area is 234 Å². The van der Waals surface area contributed by atoms with Crippen molar-refractivity contribution in [1.82, 2.24) is 4.90 Å². The van der Waals surface area contributed by atoms with E-state index in [-0.39, 0.29) is 5.91 Å². The van der Waals surface area contributed by atoms with Crippen molar-refractivity contribution < 1.29 is 19.0 Å². The van der Waals surface area contributed by atoms with E-state index in [0.29, 0.717) is 19.1 Å². The molecule has 2 fully saturated rings. The van der Waals surface area contributed by atoms with Gasteiger partial charge in [0.25, 0.3) is 0 Å². The van der Waals surface area contributed by atoms with Crippen LogP contribution in [0, 0.1) is 5.92 Å². The number of nitrogens with zero attached hydrogens (tertiary/aromatic N) is 2. The summed E-state index contributed by atoms with van der Waals surface area (Å²) in [4.78, 5) is 19.3. The second kappa shape index (κ2) is 10.7. The van der Waals surface area contributed by atoms with Crippen LogP contribution in [0.15, 0.2) is 65.6 Å². The van der Waals surface area contributed by atoms with E-state index < -0.39 is 5.41 Å². The van der Waals surface area contributed by atoms with E-state index in [4.69, 9.17) is 14.2 Å². The molecule has 204 valence electrons. The molecular weight excluding hydrogens is 510 g/mol. The average Bonchev–Trinajstić information content (AvgIpc) is 3.17. The topological polar surface area (TPSA) is 63.3 Å². The van der Waals surface area contributed by atoms with Crippen LogP contribution in [0.25, 0.3) is 0 Å². The Kier molecular flexibility index (Phi) is 7.08. The normalized spacial score (nSPS) is 17.9. The van der Waals surface area contributed by atoms with Crippen LogP contribution >= 0.6 is 11.9 Å². The molecule has 1 spiro atoms. The van der Waals surface area contributed by atoms with Gasteiger partial charge in [-0.2, -0.15) is 0 Å². The standard InChI is InChI=1S/C31H35N3O4S/c1-33-17-22(18-33)20-38-27-16-23(32-39-28-8-5-4-7-26(28)37-3)15-25-29(27)34(30(35)31(25)13-6-14-31)19-21-9-11-24(36-2)12-10-21/h4-5,7-12,15-16,22,32H,6,13-14,17-20H2,1-3H3. The first-order valence-electron chi connectivity index (χ1n) is 13.5. The molecule has 3 aliphatic rings. The number of carbonyl (C=O) groups is 1. The number of hydrogen-bond donors (Lipinski definition) is 1. The summed E-state index contributed by atoms with van der Waals surface area (Å²) in [5, 5.41) is 0. The van der Waals surface area contributed by atoms with E-state index in [9.17, 15) is 4.79 Å². The fourth-order valence-corrected chi connectivity index (χ4v) is 6.68. The number of hydrogen-bond acceptors (Lipinski definition) is 7. The van der Waals surface area contributed by atoms with Crippen molar-refractivity contribution in [3.8, 4) is 17.2 Å². The molecule has 8 heteroatoms. The summed E-state index contributed by atoms with van der Waals surface area (Å²) in [6, 6.07) is 20.1. The summed E-state index contributed by atoms with van der Waals surface area (Å²) in [5.74, 6) is 3.08. The van der Waals surface area contributed by atoms with Crippen LogP contribution in [0.2, 0.25) is 0 Å². The molecule has 2 aliphatic heterocycles. The van der Waals surface area contributed by atoms with Crippen LogP contribution in [0.3, 0.4) is 0 Å². The van der Waals surface area contributed by atoms with E-state index in [1.54, 1.807) is 14.2 Å². The molecule has 3 aromatic rings. The summed E-state index contributed by atoms with van der Waals surface area (Å²) < 4.78 is 20.9. The van der Waals surface area contributed by atoms with Gasteiger partial charge in [0.05, 0.1) is 43.4 Å². The van der Waals surface area contributed by atoms with E-state index in [2.05, 4.69) is 28.8 Å². The largest absolute Gasteiger partial charge is 0.497 e. The summed E-state index contributed by atoms with van der Waals surface area (Å²) in [6.45, 7) is 3.20. The number of ether oxygens (including phenoxy) is 3. The second-order valence-electron chi connectivity index (χ2n) is 10.8. The lowest BCUT2D eigenvalue weighted by atomic mass is 9.65. The van der Waals surface area contributed by atoms with Gasteiger partial charge in [-0.05, 0) is 73.3 Å². The third-order valence-corrected chi connectivity index (χ3v) is 9.08. The van der Waals surface area contributed by atoms with Crippen molar-refractivity contribution in [2.45, 2.75) is 36.1 Å². The van der Waals surface area contributed by atoms with Crippen LogP contribution in [-0.2, 0) is 16.8 Å². The Balaban J connectivity index is 1.35. The third-order valence-electron chi connectivity index (χ3n) is 8.18. The van der Waals surface area contributed by atoms with E-state index in [0.717, 1.165) is 77.0 Å². The first-order valence-corrected chi connectivity index (χ1v) is 14.3. The predicted molar refractivity (Wildman–Crippen MR) is 155 cm³/mol. The molecule has 6 rings (SSSR count). The number of fused-ring (bicyclic) bond motifs is 2. The minimum atomic E-state index is -0.469. The van der Waals surface area contributed by atoms with Gasteiger partial charge in [0.1, 0.15) is 17.2 Å². The van der Waals surface area contributed by atoms with Gasteiger partial charge in [-0.3, -0.25) is 4.79 Å². The Bertz CT molecular complexity index is 1350. The van der Waals surface area contributed by atoms with Crippen LogP contribution < -0.4 is 23.8 Å². The smallest absolute Gasteiger partial charge is 0.238 e. The number of rotatable bonds is 10. The molecule has 39 heavy (non-hydrogen) atoms. The van der Waals surface area contributed by atoms with E-state index in [1.807, 2.05) is 53.4 Å². The number of benzene rings is 3. The minimum absolute atomic E-state index is 0.183. The molecule has 3 aromatic carbocycles. The predicted octanol–water partition coefficient (Wildman–Crippen LogP) is 5.73. The van der Waals surface area contributed by atoms with Crippen LogP contribution in [0.4, 0.5) is 11.4 Å². The van der Waals surface area contributed by atoms with E-state index >= 15 is 0 Å². The van der Waals surface area contributed by atoms with Crippen molar-refractivity contribution in [1.29, 1.82) is 0 Å². The maximum atomic E-state index is 14.1. The molecule has 1 saturated heterocycles. The van der Waals surface area contributed by atoms with Gasteiger partial charge >= 0.3 is 0 Å². The molecule has 1 saturated carbocycles. The first kappa shape index (κ1) is 25.9. The molecule has 1 amide bonds. The van der Waals surface area contributed by atoms with Gasteiger partial charge in [-0.25, -0.2) is 0 Å². The maximum Gasteiger partial charge on any atom is 0.238 e. The summed E-state index contributed by atoms with van der Waals surface area (Å²) in [5.41, 5.74) is 3.53. The molecule has 1 aliphatic carbocycles. The van der Waals surface area contributed by atoms with Crippen LogP contribution in [0.5, 0.6) is 17.2 Å². The molecular formula is C31H35N3O4S. The van der Waals surface area contributed by atoms with Crippen LogP contribution in [0.1, 0.15) is 30.4 Å². The van der Waals surface area contributed by atoms with Gasteiger partial charge in [-0.1, -0.05) is 30.7 Å². The molecule has 7 nitrogen and oxygen atoms in total. The monoisotopic (exact) mass is 545 g/mol. The van der Waals surface area contributed by atoms with Crippen molar-refractivity contribution in [3.05, 3.63) is 71.8 Å². The molecule has 0 atom stereocenters. The number of methoxy groups -OCH3 is 2. The van der Waals surface area contributed by atoms with Gasteiger partial charge in [0.15, 0.2) is 0 Å². The van der Waals surface area contributed by atoms with Gasteiger partial charge in [0.2, 0.25) is 5.91 Å². The lowest BCUT2D eigenvalue weighted by Crippen LogP contribution is -2.46. The zero-order valence-electron chi connectivity index (χ0n) is 22.7. The Hall–Kier alpha value is -3.36. The van der Waals surface area contributed by atoms with Gasteiger partial charge in [-0.15, -0.1) is 0 Å². The molecule has 2 heterocycles. The average molecular weight is 546 g/mol. The molecule has 0 bridgehead atoms. The van der Waals surface area contributed by atoms with Crippen molar-refractivity contribution in [3.63, 3.8) is 0 Å². The zero-order chi connectivity index (χ0) is 27.0. The number of para-hydroxylation sites is 1. The fraction of sp³-hybridized carbons (Fsp3) is 0.387. The zero-order valence-corrected chi connectivity index (χ0v) is 23.6. The van der Waals surface area contributed by atoms with Crippen LogP contribution in [-0.4, -0.2) is 51.8 Å². The highest BCUT2D eigenvalue weighted by Crippen LogP contribution is 2.57. The highest BCUT2D eigenvalue weighted by atomic mass is 32.2. The lowest BCUT2D eigenvalue weighted by molar-refractivity contribution is -0.126. The molecule has 0 unspecified atom stereocenters. The SMILES string of the molecule is COc1ccc(CN2C(=O)C3(CCC3)c3cc(NSc4ccccc4OC)cc(OCC4CN(C)C4)c32)cc1. The number of anilines is 2. The number of likely N-dealkylation sites (tertiary alicyclic amines) is 1. The Morgan fingerprint density at radius 1 is 1.00 bits per heavy atom. The summed E-state index contributed by atoms with van der Waals surface area (Å²) >= 11 is 1.51. The highest BCUT2D eigenvalue weighted by molar-refractivity contribution is 8.00. The van der Waals surface area contributed by atoms with E-state index in [1.165, 1.54) is 11.9 Å². The minimum Gasteiger partial charge on any atom is -0.497 e. The molecule has 1 N–H and O–H groups in total. The summed E-state index contributed by atoms with van der Waals surface area (Å²) in [7, 11) is 5.47. The fourth-order valence-electron chi connectivity index (χ4n) is 5.93. The van der Waals surface area contributed by atoms with Crippen molar-refractivity contribution in [2.24, 2.45) is 5.92 Å². The number of amides is 1. The van der Waals surface area contributed by atoms with Crippen molar-refractivity contribution in [2.75, 3.05) is 50.6 Å². The third kappa shape index (κ3) is 4.80. The number of nitrogens with one attached hydrogen (secondary N) is 1. The maximum absolute atomic E-state index is 14.1. The van der Waals surface area contributed by atoms with Crippen molar-refractivity contribution >= 4 is 29.2 Å². The first-order chi connectivity index (χ1) is 19.0. The van der Waals surface area contributed by atoms with Gasteiger partial charge in [0, 0.05) is 30.8 Å². The summed E-state index contributed by atoms with van der Waals surface area (Å²) in [6.07, 6.45) is 2.79. The number of carbonyl (C=O) groups excluding carboxylic acids is 1. The quantitative estimate of drug-likeness (QED) is 0.326. The van der Waals surface area contributed by atoms with Gasteiger partial charge < -0.3 is 28.7 Å². The highest BCUT2D eigenvalue weighted by Gasteiger charge is 2.55. The molecule has 0 aromatic heterocycles. The Morgan fingerprint density at radius 2 is 1.77 bits per heavy atom. The Morgan fingerprint density at radius 3 is 2.44 bits per heavy atom. The lowest BCUT2D eigenvalue weighted by Gasteiger charge is -2.37. The molecule has 0 radical (unpaired) electrons.